The van der Waals surface area contributed by atoms with Gasteiger partial charge >= 0.3 is 0 Å². The summed E-state index contributed by atoms with van der Waals surface area (Å²) in [5.41, 5.74) is 1.13. The van der Waals surface area contributed by atoms with E-state index in [4.69, 9.17) is 4.74 Å². The number of para-hydroxylation sites is 1. The summed E-state index contributed by atoms with van der Waals surface area (Å²) >= 11 is 0. The minimum atomic E-state index is -4.07. The first-order chi connectivity index (χ1) is 14.3. The Morgan fingerprint density at radius 2 is 1.87 bits per heavy atom. The highest BCUT2D eigenvalue weighted by atomic mass is 32.2. The first-order valence-electron chi connectivity index (χ1n) is 9.77. The zero-order valence-corrected chi connectivity index (χ0v) is 17.0. The number of hydrogen-bond acceptors (Lipinski definition) is 5. The van der Waals surface area contributed by atoms with Gasteiger partial charge in [0, 0.05) is 19.5 Å². The third kappa shape index (κ3) is 4.04. The molecule has 4 rings (SSSR count). The van der Waals surface area contributed by atoms with Gasteiger partial charge in [0.25, 0.3) is 21.9 Å². The smallest absolute Gasteiger partial charge is 0.269 e. The van der Waals surface area contributed by atoms with Gasteiger partial charge in [-0.05, 0) is 36.6 Å². The molecule has 6 nitrogen and oxygen atoms in total. The number of amides is 1. The van der Waals surface area contributed by atoms with Crippen molar-refractivity contribution in [1.82, 2.24) is 9.62 Å². The molecule has 1 atom stereocenters. The van der Waals surface area contributed by atoms with Crippen LogP contribution in [0.5, 0.6) is 5.75 Å². The van der Waals surface area contributed by atoms with Gasteiger partial charge in [-0.2, -0.15) is 0 Å². The van der Waals surface area contributed by atoms with Crippen molar-refractivity contribution in [2.75, 3.05) is 19.6 Å². The second-order valence-corrected chi connectivity index (χ2v) is 9.33. The van der Waals surface area contributed by atoms with E-state index in [1.165, 1.54) is 18.2 Å². The second-order valence-electron chi connectivity index (χ2n) is 7.50. The predicted molar refractivity (Wildman–Crippen MR) is 106 cm³/mol. The maximum atomic E-state index is 14.3. The van der Waals surface area contributed by atoms with Crippen LogP contribution in [0.3, 0.4) is 0 Å². The molecule has 0 saturated carbocycles. The van der Waals surface area contributed by atoms with Crippen LogP contribution in [0.1, 0.15) is 28.8 Å². The Hall–Kier alpha value is -2.52. The van der Waals surface area contributed by atoms with Crippen LogP contribution in [0.4, 0.5) is 8.78 Å². The number of sulfonamides is 1. The summed E-state index contributed by atoms with van der Waals surface area (Å²) in [6.07, 6.45) is 0.599. The number of carbonyl (C=O) groups excluding carboxylic acids is 1. The van der Waals surface area contributed by atoms with Crippen LogP contribution in [-0.2, 0) is 16.4 Å². The highest BCUT2D eigenvalue weighted by Gasteiger charge is 2.42. The van der Waals surface area contributed by atoms with Crippen LogP contribution >= 0.6 is 0 Å². The van der Waals surface area contributed by atoms with E-state index < -0.39 is 41.4 Å². The fourth-order valence-corrected chi connectivity index (χ4v) is 5.32. The van der Waals surface area contributed by atoms with E-state index in [0.717, 1.165) is 24.2 Å². The summed E-state index contributed by atoms with van der Waals surface area (Å²) in [5.74, 6) is -3.15. The number of nitrogens with one attached hydrogen (secondary N) is 1. The van der Waals surface area contributed by atoms with E-state index in [9.17, 15) is 22.0 Å². The first-order valence-corrected chi connectivity index (χ1v) is 11.2. The van der Waals surface area contributed by atoms with Crippen LogP contribution in [0.15, 0.2) is 53.4 Å². The van der Waals surface area contributed by atoms with Crippen molar-refractivity contribution in [2.24, 2.45) is 0 Å². The van der Waals surface area contributed by atoms with E-state index in [1.807, 2.05) is 24.3 Å². The number of benzene rings is 2. The summed E-state index contributed by atoms with van der Waals surface area (Å²) in [4.78, 5) is 12.2. The molecule has 2 aliphatic heterocycles. The van der Waals surface area contributed by atoms with Crippen LogP contribution in [0.2, 0.25) is 0 Å². The molecule has 1 amide bonds. The van der Waals surface area contributed by atoms with Gasteiger partial charge in [0.2, 0.25) is 0 Å². The van der Waals surface area contributed by atoms with Crippen molar-refractivity contribution in [3.63, 3.8) is 0 Å². The van der Waals surface area contributed by atoms with Gasteiger partial charge in [-0.25, -0.2) is 21.5 Å². The lowest BCUT2D eigenvalue weighted by molar-refractivity contribution is -0.0110. The molecule has 9 heteroatoms. The third-order valence-corrected chi connectivity index (χ3v) is 7.19. The Morgan fingerprint density at radius 3 is 2.67 bits per heavy atom. The Kier molecular flexibility index (Phi) is 5.50. The van der Waals surface area contributed by atoms with E-state index in [2.05, 4.69) is 5.32 Å². The number of carbonyl (C=O) groups is 1. The molecule has 2 heterocycles. The minimum absolute atomic E-state index is 0.0219. The number of aryl methyl sites for hydroxylation is 1. The molecule has 0 aromatic heterocycles. The predicted octanol–water partition coefficient (Wildman–Crippen LogP) is 2.84. The number of nitrogens with zero attached hydrogens (tertiary/aromatic N) is 1. The monoisotopic (exact) mass is 436 g/mol. The lowest BCUT2D eigenvalue weighted by Gasteiger charge is -2.27. The Bertz CT molecular complexity index is 1060. The van der Waals surface area contributed by atoms with E-state index in [0.29, 0.717) is 4.31 Å². The maximum Gasteiger partial charge on any atom is 0.269 e. The van der Waals surface area contributed by atoms with Crippen molar-refractivity contribution in [3.05, 3.63) is 59.7 Å². The molecule has 2 aromatic rings. The molecule has 0 spiro atoms. The molecule has 0 saturated heterocycles. The zero-order valence-electron chi connectivity index (χ0n) is 16.2. The minimum Gasteiger partial charge on any atom is -0.489 e. The first kappa shape index (κ1) is 20.7. The van der Waals surface area contributed by atoms with Crippen molar-refractivity contribution in [2.45, 2.75) is 36.2 Å². The normalized spacial score (nSPS) is 19.9. The van der Waals surface area contributed by atoms with Gasteiger partial charge in [-0.3, -0.25) is 4.79 Å². The molecule has 0 radical (unpaired) electrons. The zero-order chi connectivity index (χ0) is 21.4. The van der Waals surface area contributed by atoms with E-state index in [1.54, 1.807) is 6.07 Å². The Morgan fingerprint density at radius 1 is 1.13 bits per heavy atom. The van der Waals surface area contributed by atoms with Gasteiger partial charge in [-0.1, -0.05) is 30.3 Å². The molecule has 2 aromatic carbocycles. The van der Waals surface area contributed by atoms with Crippen molar-refractivity contribution < 1.29 is 26.7 Å². The molecule has 30 heavy (non-hydrogen) atoms. The maximum absolute atomic E-state index is 14.3. The van der Waals surface area contributed by atoms with Gasteiger partial charge in [0.15, 0.2) is 0 Å². The summed E-state index contributed by atoms with van der Waals surface area (Å²) in [6.45, 7) is -0.933. The molecule has 0 aliphatic carbocycles. The number of fused-ring (bicyclic) bond motifs is 2. The van der Waals surface area contributed by atoms with Gasteiger partial charge in [0.05, 0.1) is 12.1 Å². The topological polar surface area (TPSA) is 75.7 Å². The molecular weight excluding hydrogens is 414 g/mol. The van der Waals surface area contributed by atoms with Crippen LogP contribution < -0.4 is 10.1 Å². The summed E-state index contributed by atoms with van der Waals surface area (Å²) < 4.78 is 60.0. The average Bonchev–Trinajstić information content (AvgIpc) is 2.92. The van der Waals surface area contributed by atoms with E-state index in [-0.39, 0.29) is 23.1 Å². The fraction of sp³-hybridized carbons (Fsp3) is 0.381. The number of ether oxygens (including phenoxy) is 1. The van der Waals surface area contributed by atoms with Gasteiger partial charge in [0.1, 0.15) is 16.7 Å². The van der Waals surface area contributed by atoms with Crippen LogP contribution in [-0.4, -0.2) is 50.3 Å². The van der Waals surface area contributed by atoms with Crippen LogP contribution in [0.25, 0.3) is 0 Å². The molecule has 0 bridgehead atoms. The van der Waals surface area contributed by atoms with Crippen LogP contribution in [0, 0.1) is 0 Å². The number of rotatable bonds is 7. The summed E-state index contributed by atoms with van der Waals surface area (Å²) in [6, 6.07) is 13.4. The fourth-order valence-electron chi connectivity index (χ4n) is 3.75. The molecule has 160 valence electrons. The Labute approximate surface area is 173 Å². The lowest BCUT2D eigenvalue weighted by atomic mass is 10.0. The summed E-state index contributed by atoms with van der Waals surface area (Å²) in [7, 11) is -4.07. The van der Waals surface area contributed by atoms with E-state index >= 15 is 0 Å². The summed E-state index contributed by atoms with van der Waals surface area (Å²) in [5, 5.41) is 2.72. The van der Waals surface area contributed by atoms with Crippen molar-refractivity contribution in [3.8, 4) is 5.75 Å². The van der Waals surface area contributed by atoms with Crippen molar-refractivity contribution in [1.29, 1.82) is 0 Å². The highest BCUT2D eigenvalue weighted by Crippen LogP contribution is 2.31. The largest absolute Gasteiger partial charge is 0.489 e. The quantitative estimate of drug-likeness (QED) is 0.723. The number of alkyl halides is 2. The molecule has 0 fully saturated rings. The standard InChI is InChI=1S/C21H22F2N2O4S/c22-21(23,14-24-13-16-10-9-15-5-1-3-7-18(15)29-16)11-12-25-20(26)17-6-2-4-8-19(17)30(25,27)28/h1-8,16,24H,9-14H2/t16-/m1/s1. The van der Waals surface area contributed by atoms with Gasteiger partial charge in [-0.15, -0.1) is 0 Å². The lowest BCUT2D eigenvalue weighted by Crippen LogP contribution is -2.42. The number of halogens is 2. The Balaban J connectivity index is 1.29. The molecule has 1 N–H and O–H groups in total. The SMILES string of the molecule is O=C1c2ccccc2S(=O)(=O)N1CCC(F)(F)CNC[C@H]1CCc2ccccc2O1. The highest BCUT2D eigenvalue weighted by molar-refractivity contribution is 7.90. The second kappa shape index (κ2) is 7.96. The molecule has 0 unspecified atom stereocenters. The molecule has 2 aliphatic rings. The van der Waals surface area contributed by atoms with Gasteiger partial charge < -0.3 is 10.1 Å². The average molecular weight is 436 g/mol. The third-order valence-electron chi connectivity index (χ3n) is 5.35. The van der Waals surface area contributed by atoms with Crippen molar-refractivity contribution >= 4 is 15.9 Å². The number of hydrogen-bond donors (Lipinski definition) is 1. The molecular formula is C21H22F2N2O4S.